The van der Waals surface area contributed by atoms with Crippen molar-refractivity contribution in [2.24, 2.45) is 7.05 Å². The zero-order valence-corrected chi connectivity index (χ0v) is 8.59. The first kappa shape index (κ1) is 9.86. The normalized spacial score (nSPS) is 10.5. The molecule has 0 unspecified atom stereocenters. The van der Waals surface area contributed by atoms with E-state index in [1.165, 1.54) is 5.56 Å². The summed E-state index contributed by atoms with van der Waals surface area (Å²) in [5, 5.41) is 16.7. The fourth-order valence-corrected chi connectivity index (χ4v) is 1.41. The van der Waals surface area contributed by atoms with Crippen LogP contribution in [0.2, 0.25) is 0 Å². The van der Waals surface area contributed by atoms with E-state index in [4.69, 9.17) is 5.11 Å². The van der Waals surface area contributed by atoms with E-state index in [9.17, 15) is 0 Å². The Morgan fingerprint density at radius 3 is 2.40 bits per heavy atom. The maximum atomic E-state index is 8.90. The minimum absolute atomic E-state index is 0.0875. The highest BCUT2D eigenvalue weighted by Gasteiger charge is 2.01. The smallest absolute Gasteiger partial charge is 0.136 e. The van der Waals surface area contributed by atoms with E-state index in [0.29, 0.717) is 0 Å². The van der Waals surface area contributed by atoms with Gasteiger partial charge in [0, 0.05) is 13.5 Å². The molecule has 15 heavy (non-hydrogen) atoms. The van der Waals surface area contributed by atoms with Crippen molar-refractivity contribution in [1.29, 1.82) is 0 Å². The molecule has 0 saturated heterocycles. The minimum Gasteiger partial charge on any atom is -0.392 e. The van der Waals surface area contributed by atoms with Gasteiger partial charge in [-0.25, -0.2) is 0 Å². The summed E-state index contributed by atoms with van der Waals surface area (Å²) in [6.45, 7) is 0.0875. The van der Waals surface area contributed by atoms with Gasteiger partial charge < -0.3 is 9.67 Å². The second kappa shape index (κ2) is 4.23. The van der Waals surface area contributed by atoms with Crippen LogP contribution < -0.4 is 0 Å². The van der Waals surface area contributed by atoms with Crippen LogP contribution in [-0.4, -0.2) is 19.9 Å². The van der Waals surface area contributed by atoms with Crippen molar-refractivity contribution in [3.63, 3.8) is 0 Å². The molecule has 1 aromatic heterocycles. The number of rotatable bonds is 3. The molecular formula is C11H13N3O. The largest absolute Gasteiger partial charge is 0.392 e. The van der Waals surface area contributed by atoms with Gasteiger partial charge in [0.25, 0.3) is 0 Å². The molecule has 2 aromatic rings. The molecule has 0 atom stereocenters. The lowest BCUT2D eigenvalue weighted by Crippen LogP contribution is -1.98. The van der Waals surface area contributed by atoms with Crippen LogP contribution in [0.15, 0.2) is 30.6 Å². The van der Waals surface area contributed by atoms with Crippen LogP contribution in [-0.2, 0) is 20.1 Å². The van der Waals surface area contributed by atoms with Gasteiger partial charge in [-0.2, -0.15) is 0 Å². The molecule has 0 saturated carbocycles. The number of hydrogen-bond acceptors (Lipinski definition) is 3. The lowest BCUT2D eigenvalue weighted by Gasteiger charge is -2.02. The average Bonchev–Trinajstić information content (AvgIpc) is 2.66. The number of aliphatic hydroxyl groups excluding tert-OH is 1. The molecule has 4 nitrogen and oxygen atoms in total. The topological polar surface area (TPSA) is 50.9 Å². The molecule has 0 aliphatic heterocycles. The van der Waals surface area contributed by atoms with E-state index in [1.54, 1.807) is 6.33 Å². The van der Waals surface area contributed by atoms with Crippen molar-refractivity contribution in [1.82, 2.24) is 14.8 Å². The third kappa shape index (κ3) is 2.22. The molecular weight excluding hydrogens is 190 g/mol. The summed E-state index contributed by atoms with van der Waals surface area (Å²) < 4.78 is 1.90. The zero-order chi connectivity index (χ0) is 10.7. The highest BCUT2D eigenvalue weighted by molar-refractivity contribution is 5.24. The third-order valence-electron chi connectivity index (χ3n) is 2.37. The summed E-state index contributed by atoms with van der Waals surface area (Å²) in [6.07, 6.45) is 2.46. The lowest BCUT2D eigenvalue weighted by atomic mass is 10.1. The van der Waals surface area contributed by atoms with Gasteiger partial charge in [0.05, 0.1) is 6.61 Å². The predicted octanol–water partition coefficient (Wildman–Crippen LogP) is 0.898. The fourth-order valence-electron chi connectivity index (χ4n) is 1.41. The van der Waals surface area contributed by atoms with Crippen LogP contribution in [0.4, 0.5) is 0 Å². The first-order valence-corrected chi connectivity index (χ1v) is 4.81. The van der Waals surface area contributed by atoms with E-state index >= 15 is 0 Å². The molecule has 2 rings (SSSR count). The highest BCUT2D eigenvalue weighted by atomic mass is 16.3. The van der Waals surface area contributed by atoms with E-state index in [2.05, 4.69) is 10.2 Å². The van der Waals surface area contributed by atoms with Gasteiger partial charge in [0.2, 0.25) is 0 Å². The molecule has 0 bridgehead atoms. The van der Waals surface area contributed by atoms with Crippen molar-refractivity contribution in [3.05, 3.63) is 47.5 Å². The predicted molar refractivity (Wildman–Crippen MR) is 56.2 cm³/mol. The van der Waals surface area contributed by atoms with Crippen LogP contribution in [0.5, 0.6) is 0 Å². The van der Waals surface area contributed by atoms with Gasteiger partial charge >= 0.3 is 0 Å². The Hall–Kier alpha value is -1.68. The number of aliphatic hydroxyl groups is 1. The van der Waals surface area contributed by atoms with Crippen molar-refractivity contribution < 1.29 is 5.11 Å². The molecule has 78 valence electrons. The van der Waals surface area contributed by atoms with Gasteiger partial charge in [-0.15, -0.1) is 10.2 Å². The number of aromatic nitrogens is 3. The summed E-state index contributed by atoms with van der Waals surface area (Å²) in [4.78, 5) is 0. The molecule has 0 aliphatic rings. The number of nitrogens with zero attached hydrogens (tertiary/aromatic N) is 3. The van der Waals surface area contributed by atoms with Crippen molar-refractivity contribution >= 4 is 0 Å². The summed E-state index contributed by atoms with van der Waals surface area (Å²) in [7, 11) is 1.93. The molecule has 1 N–H and O–H groups in total. The molecule has 4 heteroatoms. The van der Waals surface area contributed by atoms with E-state index in [-0.39, 0.29) is 6.61 Å². The van der Waals surface area contributed by atoms with Gasteiger partial charge in [-0.3, -0.25) is 0 Å². The molecule has 0 radical (unpaired) electrons. The lowest BCUT2D eigenvalue weighted by molar-refractivity contribution is 0.282. The van der Waals surface area contributed by atoms with Crippen LogP contribution in [0.3, 0.4) is 0 Å². The van der Waals surface area contributed by atoms with Crippen LogP contribution in [0.25, 0.3) is 0 Å². The summed E-state index contributed by atoms with van der Waals surface area (Å²) in [5.41, 5.74) is 2.10. The zero-order valence-electron chi connectivity index (χ0n) is 8.59. The third-order valence-corrected chi connectivity index (χ3v) is 2.37. The van der Waals surface area contributed by atoms with E-state index in [0.717, 1.165) is 17.8 Å². The number of aryl methyl sites for hydroxylation is 1. The van der Waals surface area contributed by atoms with Crippen LogP contribution in [0.1, 0.15) is 17.0 Å². The van der Waals surface area contributed by atoms with Crippen LogP contribution in [0, 0.1) is 0 Å². The summed E-state index contributed by atoms with van der Waals surface area (Å²) in [5.74, 6) is 0.937. The van der Waals surface area contributed by atoms with Gasteiger partial charge in [0.1, 0.15) is 12.2 Å². The molecule has 0 fully saturated rings. The maximum absolute atomic E-state index is 8.90. The summed E-state index contributed by atoms with van der Waals surface area (Å²) >= 11 is 0. The molecule has 1 heterocycles. The van der Waals surface area contributed by atoms with Gasteiger partial charge in [0.15, 0.2) is 0 Å². The number of hydrogen-bond donors (Lipinski definition) is 1. The van der Waals surface area contributed by atoms with Crippen molar-refractivity contribution in [3.8, 4) is 0 Å². The van der Waals surface area contributed by atoms with Crippen molar-refractivity contribution in [2.45, 2.75) is 13.0 Å². The Balaban J connectivity index is 2.14. The fraction of sp³-hybridized carbons (Fsp3) is 0.273. The van der Waals surface area contributed by atoms with Gasteiger partial charge in [-0.1, -0.05) is 24.3 Å². The Morgan fingerprint density at radius 2 is 1.87 bits per heavy atom. The van der Waals surface area contributed by atoms with Gasteiger partial charge in [-0.05, 0) is 11.1 Å². The van der Waals surface area contributed by atoms with Crippen molar-refractivity contribution in [2.75, 3.05) is 0 Å². The molecule has 0 aliphatic carbocycles. The monoisotopic (exact) mass is 203 g/mol. The van der Waals surface area contributed by atoms with E-state index < -0.39 is 0 Å². The Labute approximate surface area is 88.2 Å². The SMILES string of the molecule is Cn1cnnc1Cc1ccc(CO)cc1. The molecule has 0 spiro atoms. The maximum Gasteiger partial charge on any atom is 0.136 e. The Bertz CT molecular complexity index is 433. The molecule has 0 amide bonds. The standard InChI is InChI=1S/C11H13N3O/c1-14-8-12-13-11(14)6-9-2-4-10(7-15)5-3-9/h2-5,8,15H,6-7H2,1H3. The minimum atomic E-state index is 0.0875. The van der Waals surface area contributed by atoms with Crippen LogP contribution >= 0.6 is 0 Å². The first-order valence-electron chi connectivity index (χ1n) is 4.81. The second-order valence-electron chi connectivity index (χ2n) is 3.51. The number of benzene rings is 1. The first-order chi connectivity index (χ1) is 7.29. The highest BCUT2D eigenvalue weighted by Crippen LogP contribution is 2.08. The molecule has 1 aromatic carbocycles. The second-order valence-corrected chi connectivity index (χ2v) is 3.51. The summed E-state index contributed by atoms with van der Waals surface area (Å²) in [6, 6.07) is 7.85. The van der Waals surface area contributed by atoms with E-state index in [1.807, 2.05) is 35.9 Å². The Kier molecular flexibility index (Phi) is 2.78. The Morgan fingerprint density at radius 1 is 1.20 bits per heavy atom. The quantitative estimate of drug-likeness (QED) is 0.806. The average molecular weight is 203 g/mol.